The highest BCUT2D eigenvalue weighted by Gasteiger charge is 2.18. The molecule has 1 N–H and O–H groups in total. The van der Waals surface area contributed by atoms with Crippen molar-refractivity contribution in [3.63, 3.8) is 0 Å². The van der Waals surface area contributed by atoms with Gasteiger partial charge in [-0.15, -0.1) is 4.73 Å². The number of fused-ring (bicyclic) bond motifs is 1. The van der Waals surface area contributed by atoms with Crippen molar-refractivity contribution in [1.82, 2.24) is 14.7 Å². The van der Waals surface area contributed by atoms with Gasteiger partial charge in [0.2, 0.25) is 0 Å². The van der Waals surface area contributed by atoms with Gasteiger partial charge >= 0.3 is 5.69 Å². The van der Waals surface area contributed by atoms with E-state index in [1.54, 1.807) is 12.3 Å². The van der Waals surface area contributed by atoms with E-state index in [4.69, 9.17) is 4.84 Å². The molecular formula is C17H17BrN4O2. The Hall–Kier alpha value is -2.41. The van der Waals surface area contributed by atoms with Crippen LogP contribution in [0, 0.1) is 0 Å². The standard InChI is InChI=1S/C17H17BrN4O2/c1-17(2,3)24-22-15-13(8-5-9-19-15)14(21-16(22)23)20-12-7-4-6-11(18)10-12/h4-10H,1-3H3,(H,20,21,23). The second kappa shape index (κ2) is 6.24. The van der Waals surface area contributed by atoms with Gasteiger partial charge in [-0.1, -0.05) is 22.0 Å². The van der Waals surface area contributed by atoms with Crippen LogP contribution in [0.1, 0.15) is 20.8 Å². The van der Waals surface area contributed by atoms with Gasteiger partial charge in [0.15, 0.2) is 5.65 Å². The van der Waals surface area contributed by atoms with Gasteiger partial charge in [0.05, 0.1) is 5.39 Å². The molecule has 0 aliphatic carbocycles. The van der Waals surface area contributed by atoms with E-state index in [0.29, 0.717) is 16.9 Å². The van der Waals surface area contributed by atoms with Crippen LogP contribution in [0.2, 0.25) is 0 Å². The number of halogens is 1. The summed E-state index contributed by atoms with van der Waals surface area (Å²) < 4.78 is 2.07. The summed E-state index contributed by atoms with van der Waals surface area (Å²) in [7, 11) is 0. The molecule has 0 saturated heterocycles. The minimum absolute atomic E-state index is 0.421. The lowest BCUT2D eigenvalue weighted by Crippen LogP contribution is -2.39. The first-order chi connectivity index (χ1) is 11.3. The fraction of sp³-hybridized carbons (Fsp3) is 0.235. The van der Waals surface area contributed by atoms with E-state index in [1.165, 1.54) is 0 Å². The lowest BCUT2D eigenvalue weighted by molar-refractivity contribution is -0.0160. The van der Waals surface area contributed by atoms with Gasteiger partial charge in [-0.2, -0.15) is 4.98 Å². The van der Waals surface area contributed by atoms with Gasteiger partial charge < -0.3 is 10.2 Å². The minimum Gasteiger partial charge on any atom is -0.402 e. The number of aromatic nitrogens is 3. The highest BCUT2D eigenvalue weighted by molar-refractivity contribution is 9.10. The number of rotatable bonds is 3. The summed E-state index contributed by atoms with van der Waals surface area (Å²) in [5, 5.41) is 3.86. The van der Waals surface area contributed by atoms with E-state index < -0.39 is 11.3 Å². The molecule has 3 rings (SSSR count). The monoisotopic (exact) mass is 388 g/mol. The summed E-state index contributed by atoms with van der Waals surface area (Å²) in [5.74, 6) is 0.440. The average Bonchev–Trinajstić information content (AvgIpc) is 2.50. The van der Waals surface area contributed by atoms with E-state index in [9.17, 15) is 4.79 Å². The average molecular weight is 389 g/mol. The molecule has 0 saturated carbocycles. The smallest absolute Gasteiger partial charge is 0.384 e. The van der Waals surface area contributed by atoms with Gasteiger partial charge in [0.1, 0.15) is 11.4 Å². The topological polar surface area (TPSA) is 69.0 Å². The molecule has 0 fully saturated rings. The Morgan fingerprint density at radius 1 is 1.21 bits per heavy atom. The van der Waals surface area contributed by atoms with Crippen LogP contribution in [0.25, 0.3) is 11.0 Å². The van der Waals surface area contributed by atoms with Crippen molar-refractivity contribution in [3.8, 4) is 0 Å². The van der Waals surface area contributed by atoms with E-state index in [0.717, 1.165) is 14.9 Å². The Balaban J connectivity index is 2.14. The third-order valence-corrected chi connectivity index (χ3v) is 3.56. The van der Waals surface area contributed by atoms with Crippen molar-refractivity contribution < 1.29 is 4.84 Å². The van der Waals surface area contributed by atoms with E-state index in [1.807, 2.05) is 51.1 Å². The van der Waals surface area contributed by atoms with Gasteiger partial charge in [-0.25, -0.2) is 9.78 Å². The van der Waals surface area contributed by atoms with Gasteiger partial charge in [0.25, 0.3) is 0 Å². The third-order valence-electron chi connectivity index (χ3n) is 3.07. The molecule has 124 valence electrons. The molecule has 0 aliphatic rings. The van der Waals surface area contributed by atoms with Crippen LogP contribution in [0.15, 0.2) is 51.9 Å². The van der Waals surface area contributed by atoms with Crippen LogP contribution < -0.4 is 15.8 Å². The molecular weight excluding hydrogens is 372 g/mol. The lowest BCUT2D eigenvalue weighted by atomic mass is 10.2. The Bertz CT molecular complexity index is 947. The van der Waals surface area contributed by atoms with Gasteiger partial charge in [-0.3, -0.25) is 0 Å². The zero-order valence-electron chi connectivity index (χ0n) is 13.6. The van der Waals surface area contributed by atoms with Crippen molar-refractivity contribution in [1.29, 1.82) is 0 Å². The first kappa shape index (κ1) is 16.4. The number of hydrogen-bond acceptors (Lipinski definition) is 5. The SMILES string of the molecule is CC(C)(C)On1c(=O)nc(Nc2cccc(Br)c2)c2cccnc21. The fourth-order valence-electron chi connectivity index (χ4n) is 2.19. The number of benzene rings is 1. The molecule has 0 spiro atoms. The second-order valence-corrected chi connectivity index (χ2v) is 7.17. The molecule has 24 heavy (non-hydrogen) atoms. The maximum atomic E-state index is 12.4. The highest BCUT2D eigenvalue weighted by atomic mass is 79.9. The summed E-state index contributed by atoms with van der Waals surface area (Å²) >= 11 is 3.43. The first-order valence-electron chi connectivity index (χ1n) is 7.43. The largest absolute Gasteiger partial charge is 0.402 e. The van der Waals surface area contributed by atoms with E-state index >= 15 is 0 Å². The normalized spacial score (nSPS) is 11.5. The van der Waals surface area contributed by atoms with Gasteiger partial charge in [0, 0.05) is 16.4 Å². The summed E-state index contributed by atoms with van der Waals surface area (Å²) in [6.07, 6.45) is 1.62. The zero-order valence-corrected chi connectivity index (χ0v) is 15.2. The number of hydrogen-bond donors (Lipinski definition) is 1. The molecule has 7 heteroatoms. The Morgan fingerprint density at radius 3 is 2.71 bits per heavy atom. The van der Waals surface area contributed by atoms with Crippen LogP contribution in [-0.4, -0.2) is 20.3 Å². The second-order valence-electron chi connectivity index (χ2n) is 6.25. The molecule has 2 heterocycles. The van der Waals surface area contributed by atoms with Crippen molar-refractivity contribution in [2.75, 3.05) is 5.32 Å². The predicted octanol–water partition coefficient (Wildman–Crippen LogP) is 3.52. The van der Waals surface area contributed by atoms with Crippen molar-refractivity contribution in [3.05, 3.63) is 57.6 Å². The molecule has 1 aromatic carbocycles. The van der Waals surface area contributed by atoms with Gasteiger partial charge in [-0.05, 0) is 51.1 Å². The molecule has 0 bridgehead atoms. The number of nitrogens with zero attached hydrogens (tertiary/aromatic N) is 3. The third kappa shape index (κ3) is 3.56. The summed E-state index contributed by atoms with van der Waals surface area (Å²) in [6, 6.07) is 11.3. The Morgan fingerprint density at radius 2 is 2.00 bits per heavy atom. The van der Waals surface area contributed by atoms with Crippen LogP contribution in [0.3, 0.4) is 0 Å². The van der Waals surface area contributed by atoms with Crippen molar-refractivity contribution >= 4 is 38.5 Å². The van der Waals surface area contributed by atoms with Crippen LogP contribution in [0.5, 0.6) is 0 Å². The quantitative estimate of drug-likeness (QED) is 0.742. The molecule has 0 atom stereocenters. The van der Waals surface area contributed by atoms with Crippen LogP contribution >= 0.6 is 15.9 Å². The number of nitrogens with one attached hydrogen (secondary N) is 1. The predicted molar refractivity (Wildman–Crippen MR) is 97.6 cm³/mol. The Kier molecular flexibility index (Phi) is 4.28. The van der Waals surface area contributed by atoms with Crippen molar-refractivity contribution in [2.24, 2.45) is 0 Å². The zero-order chi connectivity index (χ0) is 17.3. The molecule has 0 amide bonds. The van der Waals surface area contributed by atoms with Crippen LogP contribution in [0.4, 0.5) is 11.5 Å². The first-order valence-corrected chi connectivity index (χ1v) is 8.23. The fourth-order valence-corrected chi connectivity index (χ4v) is 2.59. The van der Waals surface area contributed by atoms with E-state index in [2.05, 4.69) is 31.2 Å². The molecule has 3 aromatic rings. The summed E-state index contributed by atoms with van der Waals surface area (Å²) in [5.41, 5.74) is 0.171. The molecule has 0 radical (unpaired) electrons. The van der Waals surface area contributed by atoms with Crippen molar-refractivity contribution in [2.45, 2.75) is 26.4 Å². The minimum atomic E-state index is -0.546. The molecule has 0 unspecified atom stereocenters. The maximum absolute atomic E-state index is 12.4. The maximum Gasteiger partial charge on any atom is 0.384 e. The lowest BCUT2D eigenvalue weighted by Gasteiger charge is -2.22. The van der Waals surface area contributed by atoms with E-state index in [-0.39, 0.29) is 0 Å². The Labute approximate surface area is 147 Å². The highest BCUT2D eigenvalue weighted by Crippen LogP contribution is 2.23. The summed E-state index contributed by atoms with van der Waals surface area (Å²) in [4.78, 5) is 26.6. The van der Waals surface area contributed by atoms with Crippen LogP contribution in [-0.2, 0) is 0 Å². The number of pyridine rings is 1. The summed E-state index contributed by atoms with van der Waals surface area (Å²) in [6.45, 7) is 5.59. The molecule has 6 nitrogen and oxygen atoms in total. The molecule has 2 aromatic heterocycles. The number of anilines is 2. The molecule has 0 aliphatic heterocycles.